The van der Waals surface area contributed by atoms with Crippen LogP contribution in [0.15, 0.2) is 94.1 Å². The molecule has 1 unspecified atom stereocenters. The van der Waals surface area contributed by atoms with Crippen LogP contribution >= 0.6 is 0 Å². The Hall–Kier alpha value is -3.37. The van der Waals surface area contributed by atoms with Gasteiger partial charge in [0.05, 0.1) is 5.39 Å². The third kappa shape index (κ3) is 4.39. The fourth-order valence-electron chi connectivity index (χ4n) is 3.35. The maximum absolute atomic E-state index is 12.7. The van der Waals surface area contributed by atoms with Gasteiger partial charge in [-0.3, -0.25) is 4.79 Å². The zero-order valence-corrected chi connectivity index (χ0v) is 16.3. The molecule has 0 amide bonds. The Morgan fingerprint density at radius 3 is 2.38 bits per heavy atom. The second kappa shape index (κ2) is 8.76. The Morgan fingerprint density at radius 2 is 1.66 bits per heavy atom. The van der Waals surface area contributed by atoms with Gasteiger partial charge in [0, 0.05) is 18.1 Å². The molecule has 4 rings (SSSR count). The number of nitrogens with one attached hydrogen (secondary N) is 1. The van der Waals surface area contributed by atoms with Crippen molar-refractivity contribution in [3.63, 3.8) is 0 Å². The average Bonchev–Trinajstić information content (AvgIpc) is 2.78. The first-order valence-corrected chi connectivity index (χ1v) is 9.74. The Bertz CT molecular complexity index is 1140. The lowest BCUT2D eigenvalue weighted by atomic mass is 10.1. The molecule has 0 aliphatic heterocycles. The molecule has 29 heavy (non-hydrogen) atoms. The normalized spacial score (nSPS) is 12.0. The third-order valence-electron chi connectivity index (χ3n) is 4.86. The van der Waals surface area contributed by atoms with E-state index in [0.29, 0.717) is 22.5 Å². The fraction of sp³-hybridized carbons (Fsp3) is 0.160. The molecular weight excluding hydrogens is 362 g/mol. The highest BCUT2D eigenvalue weighted by Crippen LogP contribution is 2.28. The van der Waals surface area contributed by atoms with Gasteiger partial charge < -0.3 is 14.5 Å². The van der Waals surface area contributed by atoms with Crippen LogP contribution in [-0.2, 0) is 0 Å². The van der Waals surface area contributed by atoms with Gasteiger partial charge in [-0.25, -0.2) is 0 Å². The topological polar surface area (TPSA) is 51.5 Å². The van der Waals surface area contributed by atoms with Crippen LogP contribution in [0.4, 0.5) is 0 Å². The molecule has 0 bridgehead atoms. The molecule has 1 aromatic heterocycles. The molecule has 0 fully saturated rings. The van der Waals surface area contributed by atoms with E-state index in [0.717, 1.165) is 24.1 Å². The van der Waals surface area contributed by atoms with Crippen LogP contribution in [0, 0.1) is 0 Å². The summed E-state index contributed by atoms with van der Waals surface area (Å²) in [6, 6.07) is 26.7. The molecule has 0 aliphatic carbocycles. The predicted molar refractivity (Wildman–Crippen MR) is 116 cm³/mol. The number of rotatable bonds is 7. The smallest absolute Gasteiger partial charge is 0.193 e. The quantitative estimate of drug-likeness (QED) is 0.476. The van der Waals surface area contributed by atoms with Gasteiger partial charge in [-0.05, 0) is 37.4 Å². The van der Waals surface area contributed by atoms with Crippen molar-refractivity contribution in [2.45, 2.75) is 12.5 Å². The fourth-order valence-corrected chi connectivity index (χ4v) is 3.35. The highest BCUT2D eigenvalue weighted by Gasteiger charge is 2.14. The van der Waals surface area contributed by atoms with Crippen LogP contribution in [0.2, 0.25) is 0 Å². The molecule has 0 spiro atoms. The second-order valence-corrected chi connectivity index (χ2v) is 6.91. The minimum atomic E-state index is -0.100. The molecule has 4 aromatic rings. The molecule has 4 heteroatoms. The van der Waals surface area contributed by atoms with Gasteiger partial charge in [0.2, 0.25) is 0 Å². The number of ether oxygens (including phenoxy) is 1. The van der Waals surface area contributed by atoms with E-state index in [9.17, 15) is 4.79 Å². The summed E-state index contributed by atoms with van der Waals surface area (Å²) in [6.07, 6.45) is 0.719. The van der Waals surface area contributed by atoms with Crippen LogP contribution in [0.5, 0.6) is 5.75 Å². The van der Waals surface area contributed by atoms with Crippen molar-refractivity contribution < 1.29 is 9.15 Å². The number of fused-ring (bicyclic) bond motifs is 1. The summed E-state index contributed by atoms with van der Waals surface area (Å²) in [4.78, 5) is 12.7. The molecule has 1 heterocycles. The summed E-state index contributed by atoms with van der Waals surface area (Å²) in [5.74, 6) is 1.22. The molecule has 0 aliphatic rings. The van der Waals surface area contributed by atoms with Crippen LogP contribution in [0.25, 0.3) is 22.3 Å². The van der Waals surface area contributed by atoms with E-state index in [1.165, 1.54) is 6.07 Å². The van der Waals surface area contributed by atoms with E-state index < -0.39 is 0 Å². The lowest BCUT2D eigenvalue weighted by molar-refractivity contribution is 0.195. The lowest BCUT2D eigenvalue weighted by Crippen LogP contribution is -2.16. The van der Waals surface area contributed by atoms with Gasteiger partial charge in [0.25, 0.3) is 0 Å². The van der Waals surface area contributed by atoms with Crippen molar-refractivity contribution in [3.8, 4) is 17.1 Å². The van der Waals surface area contributed by atoms with Gasteiger partial charge in [-0.2, -0.15) is 0 Å². The maximum Gasteiger partial charge on any atom is 0.193 e. The van der Waals surface area contributed by atoms with Crippen LogP contribution in [-0.4, -0.2) is 13.6 Å². The van der Waals surface area contributed by atoms with Crippen molar-refractivity contribution in [1.82, 2.24) is 5.32 Å². The summed E-state index contributed by atoms with van der Waals surface area (Å²) in [5.41, 5.74) is 2.45. The Kier molecular flexibility index (Phi) is 5.73. The molecular formula is C25H23NO3. The van der Waals surface area contributed by atoms with Gasteiger partial charge >= 0.3 is 0 Å². The van der Waals surface area contributed by atoms with Crippen molar-refractivity contribution in [3.05, 3.63) is 101 Å². The summed E-state index contributed by atoms with van der Waals surface area (Å²) < 4.78 is 12.2. The van der Waals surface area contributed by atoms with E-state index in [2.05, 4.69) is 17.4 Å². The van der Waals surface area contributed by atoms with E-state index in [-0.39, 0.29) is 11.5 Å². The number of benzene rings is 3. The summed E-state index contributed by atoms with van der Waals surface area (Å²) in [5, 5.41) is 3.69. The molecule has 146 valence electrons. The average molecular weight is 385 g/mol. The highest BCUT2D eigenvalue weighted by molar-refractivity contribution is 5.80. The predicted octanol–water partition coefficient (Wildman–Crippen LogP) is 5.19. The van der Waals surface area contributed by atoms with Gasteiger partial charge in [0.15, 0.2) is 5.43 Å². The molecule has 1 N–H and O–H groups in total. The Morgan fingerprint density at radius 1 is 0.931 bits per heavy atom. The first-order valence-electron chi connectivity index (χ1n) is 9.74. The van der Waals surface area contributed by atoms with Crippen LogP contribution in [0.1, 0.15) is 18.1 Å². The molecule has 0 saturated heterocycles. The van der Waals surface area contributed by atoms with Crippen LogP contribution < -0.4 is 15.5 Å². The number of hydrogen-bond acceptors (Lipinski definition) is 4. The second-order valence-electron chi connectivity index (χ2n) is 6.91. The van der Waals surface area contributed by atoms with E-state index in [4.69, 9.17) is 9.15 Å². The lowest BCUT2D eigenvalue weighted by Gasteiger charge is -2.20. The monoisotopic (exact) mass is 385 g/mol. The molecule has 3 aromatic carbocycles. The standard InChI is InChI=1S/C25H23NO3/c1-26-15-14-23(18-8-4-2-5-9-18)28-20-12-13-24-21(16-20)22(27)17-25(29-24)19-10-6-3-7-11-19/h2-13,16-17,23,26H,14-15H2,1H3. The van der Waals surface area contributed by atoms with Crippen molar-refractivity contribution in [2.24, 2.45) is 0 Å². The Balaban J connectivity index is 1.66. The Labute approximate surface area is 169 Å². The van der Waals surface area contributed by atoms with E-state index in [1.807, 2.05) is 61.6 Å². The third-order valence-corrected chi connectivity index (χ3v) is 4.86. The zero-order chi connectivity index (χ0) is 20.1. The first kappa shape index (κ1) is 19.0. The first-order chi connectivity index (χ1) is 14.2. The summed E-state index contributed by atoms with van der Waals surface area (Å²) in [6.45, 7) is 0.829. The van der Waals surface area contributed by atoms with Crippen LogP contribution in [0.3, 0.4) is 0 Å². The zero-order valence-electron chi connectivity index (χ0n) is 16.3. The van der Waals surface area contributed by atoms with Gasteiger partial charge in [-0.1, -0.05) is 60.7 Å². The van der Waals surface area contributed by atoms with E-state index >= 15 is 0 Å². The minimum absolute atomic E-state index is 0.0814. The largest absolute Gasteiger partial charge is 0.486 e. The van der Waals surface area contributed by atoms with Gasteiger partial charge in [-0.15, -0.1) is 0 Å². The SMILES string of the molecule is CNCCC(Oc1ccc2oc(-c3ccccc3)cc(=O)c2c1)c1ccccc1. The number of hydrogen-bond donors (Lipinski definition) is 1. The highest BCUT2D eigenvalue weighted by atomic mass is 16.5. The summed E-state index contributed by atoms with van der Waals surface area (Å²) in [7, 11) is 1.92. The maximum atomic E-state index is 12.7. The van der Waals surface area contributed by atoms with E-state index in [1.54, 1.807) is 12.1 Å². The van der Waals surface area contributed by atoms with Crippen molar-refractivity contribution in [1.29, 1.82) is 0 Å². The van der Waals surface area contributed by atoms with Crippen molar-refractivity contribution >= 4 is 11.0 Å². The summed E-state index contributed by atoms with van der Waals surface area (Å²) >= 11 is 0. The molecule has 4 nitrogen and oxygen atoms in total. The molecule has 0 radical (unpaired) electrons. The molecule has 1 atom stereocenters. The van der Waals surface area contributed by atoms with Crippen molar-refractivity contribution in [2.75, 3.05) is 13.6 Å². The molecule has 0 saturated carbocycles. The minimum Gasteiger partial charge on any atom is -0.486 e. The van der Waals surface area contributed by atoms with Gasteiger partial charge in [0.1, 0.15) is 23.2 Å².